The Balaban J connectivity index is 2.35. The molecule has 0 radical (unpaired) electrons. The molecule has 0 aromatic heterocycles. The van der Waals surface area contributed by atoms with Crippen molar-refractivity contribution in [3.63, 3.8) is 0 Å². The van der Waals surface area contributed by atoms with Crippen LogP contribution in [-0.4, -0.2) is 36.9 Å². The lowest BCUT2D eigenvalue weighted by Crippen LogP contribution is -2.47. The molecule has 2 N–H and O–H groups in total. The smallest absolute Gasteiger partial charge is 0.0678 e. The third kappa shape index (κ3) is 1.94. The molecule has 1 saturated heterocycles. The van der Waals surface area contributed by atoms with Gasteiger partial charge in [-0.3, -0.25) is 4.90 Å². The Morgan fingerprint density at radius 2 is 1.90 bits per heavy atom. The first-order valence-corrected chi connectivity index (χ1v) is 3.80. The predicted octanol–water partition coefficient (Wildman–Crippen LogP) is 0.0118. The highest BCUT2D eigenvalue weighted by molar-refractivity contribution is 4.71. The highest BCUT2D eigenvalue weighted by Gasteiger charge is 2.20. The Morgan fingerprint density at radius 3 is 2.30 bits per heavy atom. The number of nitrogens with two attached hydrogens (primary N) is 1. The van der Waals surface area contributed by atoms with Crippen LogP contribution in [0.3, 0.4) is 0 Å². The molecule has 3 heteroatoms. The zero-order valence-electron chi connectivity index (χ0n) is 6.71. The number of morpholine rings is 1. The minimum absolute atomic E-state index is 0.340. The summed E-state index contributed by atoms with van der Waals surface area (Å²) in [5, 5.41) is 0. The summed E-state index contributed by atoms with van der Waals surface area (Å²) in [7, 11) is 0. The molecule has 0 bridgehead atoms. The SMILES string of the molecule is C[C@@H]1CN(CN)C[C@H](C)O1. The fourth-order valence-electron chi connectivity index (χ4n) is 1.43. The van der Waals surface area contributed by atoms with Gasteiger partial charge in [-0.2, -0.15) is 0 Å². The lowest BCUT2D eigenvalue weighted by atomic mass is 10.2. The number of rotatable bonds is 1. The van der Waals surface area contributed by atoms with Crippen LogP contribution in [0, 0.1) is 0 Å². The van der Waals surface area contributed by atoms with E-state index < -0.39 is 0 Å². The molecule has 1 aliphatic heterocycles. The van der Waals surface area contributed by atoms with Crippen molar-refractivity contribution in [3.8, 4) is 0 Å². The largest absolute Gasteiger partial charge is 0.373 e. The normalized spacial score (nSPS) is 36.3. The monoisotopic (exact) mass is 144 g/mol. The van der Waals surface area contributed by atoms with E-state index >= 15 is 0 Å². The summed E-state index contributed by atoms with van der Waals surface area (Å²) < 4.78 is 5.52. The standard InChI is InChI=1S/C7H16N2O/c1-6-3-9(5-8)4-7(2)10-6/h6-7H,3-5,8H2,1-2H3/t6-,7+. The van der Waals surface area contributed by atoms with Crippen molar-refractivity contribution in [2.24, 2.45) is 5.73 Å². The Hall–Kier alpha value is -0.120. The Bertz CT molecular complexity index is 97.8. The van der Waals surface area contributed by atoms with Crippen LogP contribution in [0.15, 0.2) is 0 Å². The van der Waals surface area contributed by atoms with Crippen LogP contribution in [-0.2, 0) is 4.74 Å². The van der Waals surface area contributed by atoms with Gasteiger partial charge in [0.15, 0.2) is 0 Å². The van der Waals surface area contributed by atoms with Gasteiger partial charge in [0.1, 0.15) is 0 Å². The molecule has 0 aliphatic carbocycles. The maximum Gasteiger partial charge on any atom is 0.0678 e. The second-order valence-corrected chi connectivity index (χ2v) is 2.98. The molecule has 1 rings (SSSR count). The van der Waals surface area contributed by atoms with Gasteiger partial charge in [-0.1, -0.05) is 0 Å². The van der Waals surface area contributed by atoms with E-state index in [0.717, 1.165) is 13.1 Å². The van der Waals surface area contributed by atoms with Crippen LogP contribution < -0.4 is 5.73 Å². The van der Waals surface area contributed by atoms with E-state index in [2.05, 4.69) is 18.7 Å². The van der Waals surface area contributed by atoms with Gasteiger partial charge in [-0.05, 0) is 13.8 Å². The summed E-state index contributed by atoms with van der Waals surface area (Å²) in [4.78, 5) is 2.21. The zero-order chi connectivity index (χ0) is 7.56. The first kappa shape index (κ1) is 7.98. The van der Waals surface area contributed by atoms with Crippen LogP contribution in [0.4, 0.5) is 0 Å². The first-order chi connectivity index (χ1) is 4.72. The minimum Gasteiger partial charge on any atom is -0.373 e. The number of hydrogen-bond donors (Lipinski definition) is 1. The van der Waals surface area contributed by atoms with Gasteiger partial charge in [0.25, 0.3) is 0 Å². The Morgan fingerprint density at radius 1 is 1.40 bits per heavy atom. The Kier molecular flexibility index (Phi) is 2.65. The highest BCUT2D eigenvalue weighted by Crippen LogP contribution is 2.08. The van der Waals surface area contributed by atoms with Crippen molar-refractivity contribution in [3.05, 3.63) is 0 Å². The van der Waals surface area contributed by atoms with Crippen molar-refractivity contribution in [2.75, 3.05) is 19.8 Å². The molecular weight excluding hydrogens is 128 g/mol. The molecule has 0 unspecified atom stereocenters. The van der Waals surface area contributed by atoms with Crippen molar-refractivity contribution < 1.29 is 4.74 Å². The fraction of sp³-hybridized carbons (Fsp3) is 1.00. The molecule has 60 valence electrons. The minimum atomic E-state index is 0.340. The van der Waals surface area contributed by atoms with E-state index in [1.54, 1.807) is 0 Å². The lowest BCUT2D eigenvalue weighted by Gasteiger charge is -2.34. The summed E-state index contributed by atoms with van der Waals surface area (Å²) in [5.74, 6) is 0. The van der Waals surface area contributed by atoms with Gasteiger partial charge in [-0.25, -0.2) is 0 Å². The van der Waals surface area contributed by atoms with Gasteiger partial charge < -0.3 is 10.5 Å². The number of ether oxygens (including phenoxy) is 1. The number of nitrogens with zero attached hydrogens (tertiary/aromatic N) is 1. The number of hydrogen-bond acceptors (Lipinski definition) is 3. The second-order valence-electron chi connectivity index (χ2n) is 2.98. The lowest BCUT2D eigenvalue weighted by molar-refractivity contribution is -0.0672. The van der Waals surface area contributed by atoms with Crippen molar-refractivity contribution in [2.45, 2.75) is 26.1 Å². The average Bonchev–Trinajstić information content (AvgIpc) is 1.85. The topological polar surface area (TPSA) is 38.5 Å². The molecule has 0 spiro atoms. The fourth-order valence-corrected chi connectivity index (χ4v) is 1.43. The molecule has 2 atom stereocenters. The van der Waals surface area contributed by atoms with Gasteiger partial charge >= 0.3 is 0 Å². The van der Waals surface area contributed by atoms with Crippen LogP contribution in [0.25, 0.3) is 0 Å². The second kappa shape index (κ2) is 3.32. The van der Waals surface area contributed by atoms with Crippen LogP contribution >= 0.6 is 0 Å². The third-order valence-electron chi connectivity index (χ3n) is 1.75. The van der Waals surface area contributed by atoms with E-state index in [-0.39, 0.29) is 0 Å². The summed E-state index contributed by atoms with van der Waals surface area (Å²) in [5.41, 5.74) is 5.50. The van der Waals surface area contributed by atoms with Crippen molar-refractivity contribution in [1.29, 1.82) is 0 Å². The molecule has 1 heterocycles. The molecular formula is C7H16N2O. The zero-order valence-corrected chi connectivity index (χ0v) is 6.71. The molecule has 0 aromatic carbocycles. The summed E-state index contributed by atoms with van der Waals surface area (Å²) in [6, 6.07) is 0. The van der Waals surface area contributed by atoms with Gasteiger partial charge in [0.05, 0.1) is 12.2 Å². The van der Waals surface area contributed by atoms with Crippen LogP contribution in [0.5, 0.6) is 0 Å². The molecule has 10 heavy (non-hydrogen) atoms. The van der Waals surface area contributed by atoms with Gasteiger partial charge in [0, 0.05) is 19.8 Å². The van der Waals surface area contributed by atoms with Crippen molar-refractivity contribution in [1.82, 2.24) is 4.90 Å². The molecule has 0 saturated carbocycles. The predicted molar refractivity (Wildman–Crippen MR) is 40.6 cm³/mol. The highest BCUT2D eigenvalue weighted by atomic mass is 16.5. The maximum absolute atomic E-state index is 5.52. The molecule has 0 amide bonds. The van der Waals surface area contributed by atoms with Crippen molar-refractivity contribution >= 4 is 0 Å². The summed E-state index contributed by atoms with van der Waals surface area (Å²) in [6.45, 7) is 6.76. The quantitative estimate of drug-likeness (QED) is 0.563. The van der Waals surface area contributed by atoms with E-state index in [4.69, 9.17) is 10.5 Å². The molecule has 1 fully saturated rings. The molecule has 1 aliphatic rings. The molecule has 0 aromatic rings. The van der Waals surface area contributed by atoms with Crippen LogP contribution in [0.1, 0.15) is 13.8 Å². The first-order valence-electron chi connectivity index (χ1n) is 3.80. The molecule has 3 nitrogen and oxygen atoms in total. The van der Waals surface area contributed by atoms with Crippen LogP contribution in [0.2, 0.25) is 0 Å². The summed E-state index contributed by atoms with van der Waals surface area (Å²) in [6.07, 6.45) is 0.680. The Labute approximate surface area is 62.1 Å². The van der Waals surface area contributed by atoms with E-state index in [0.29, 0.717) is 18.9 Å². The van der Waals surface area contributed by atoms with E-state index in [1.165, 1.54) is 0 Å². The van der Waals surface area contributed by atoms with Gasteiger partial charge in [0.2, 0.25) is 0 Å². The average molecular weight is 144 g/mol. The third-order valence-corrected chi connectivity index (χ3v) is 1.75. The van der Waals surface area contributed by atoms with E-state index in [1.807, 2.05) is 0 Å². The van der Waals surface area contributed by atoms with E-state index in [9.17, 15) is 0 Å². The van der Waals surface area contributed by atoms with Gasteiger partial charge in [-0.15, -0.1) is 0 Å². The summed E-state index contributed by atoms with van der Waals surface area (Å²) >= 11 is 0. The maximum atomic E-state index is 5.52.